The zero-order chi connectivity index (χ0) is 21.9. The Morgan fingerprint density at radius 2 is 1.33 bits per heavy atom. The number of para-hydroxylation sites is 1. The van der Waals surface area contributed by atoms with Crippen molar-refractivity contribution in [3.05, 3.63) is 82.9 Å². The van der Waals surface area contributed by atoms with Gasteiger partial charge in [0.2, 0.25) is 0 Å². The Morgan fingerprint density at radius 3 is 1.97 bits per heavy atom. The molecule has 3 rings (SSSR count). The fourth-order valence-electron chi connectivity index (χ4n) is 3.41. The quantitative estimate of drug-likeness (QED) is 0.516. The highest BCUT2D eigenvalue weighted by Crippen LogP contribution is 2.27. The Kier molecular flexibility index (Phi) is 6.12. The third kappa shape index (κ3) is 4.99. The van der Waals surface area contributed by atoms with Crippen LogP contribution in [0.1, 0.15) is 22.3 Å². The van der Waals surface area contributed by atoms with Crippen molar-refractivity contribution in [1.29, 1.82) is 0 Å². The second-order valence-electron chi connectivity index (χ2n) is 7.31. The molecule has 7 heteroatoms. The van der Waals surface area contributed by atoms with Gasteiger partial charge < -0.3 is 10.6 Å². The molecule has 0 saturated heterocycles. The van der Waals surface area contributed by atoms with Crippen molar-refractivity contribution in [2.75, 3.05) is 15.4 Å². The molecule has 0 aliphatic carbocycles. The van der Waals surface area contributed by atoms with E-state index in [1.165, 1.54) is 0 Å². The van der Waals surface area contributed by atoms with Gasteiger partial charge in [-0.3, -0.25) is 4.72 Å². The van der Waals surface area contributed by atoms with Crippen LogP contribution in [-0.4, -0.2) is 14.4 Å². The lowest BCUT2D eigenvalue weighted by molar-refractivity contribution is 0.262. The molecular formula is C23H25N3O3S. The molecule has 0 radical (unpaired) electrons. The van der Waals surface area contributed by atoms with Crippen LogP contribution in [0.15, 0.2) is 65.6 Å². The minimum Gasteiger partial charge on any atom is -0.308 e. The summed E-state index contributed by atoms with van der Waals surface area (Å²) in [6.07, 6.45) is 0. The van der Waals surface area contributed by atoms with Crippen molar-refractivity contribution >= 4 is 33.1 Å². The second-order valence-corrected chi connectivity index (χ2v) is 8.93. The number of aryl methyl sites for hydroxylation is 4. The third-order valence-corrected chi connectivity index (χ3v) is 6.31. The van der Waals surface area contributed by atoms with Crippen LogP contribution in [0.3, 0.4) is 0 Å². The standard InChI is InChI=1S/C23H25N3O3S/c1-15-12-17(3)22(18(4)13-15)30(28,29)26-21-14-20(11-10-16(21)2)25-23(27)24-19-8-6-5-7-9-19/h5-14,26H,1-4H3,(H2,24,25,27). The van der Waals surface area contributed by atoms with Gasteiger partial charge in [0.05, 0.1) is 10.6 Å². The molecule has 0 fully saturated rings. The molecule has 0 saturated carbocycles. The van der Waals surface area contributed by atoms with Crippen molar-refractivity contribution in [2.45, 2.75) is 32.6 Å². The van der Waals surface area contributed by atoms with Gasteiger partial charge in [-0.1, -0.05) is 42.0 Å². The van der Waals surface area contributed by atoms with Crippen LogP contribution < -0.4 is 15.4 Å². The number of carbonyl (C=O) groups is 1. The van der Waals surface area contributed by atoms with Gasteiger partial charge in [0.25, 0.3) is 10.0 Å². The van der Waals surface area contributed by atoms with Gasteiger partial charge in [-0.25, -0.2) is 13.2 Å². The average Bonchev–Trinajstić information content (AvgIpc) is 2.64. The molecule has 0 aliphatic heterocycles. The molecule has 6 nitrogen and oxygen atoms in total. The number of sulfonamides is 1. The summed E-state index contributed by atoms with van der Waals surface area (Å²) < 4.78 is 28.8. The number of hydrogen-bond donors (Lipinski definition) is 3. The van der Waals surface area contributed by atoms with Gasteiger partial charge in [-0.15, -0.1) is 0 Å². The normalized spacial score (nSPS) is 11.1. The van der Waals surface area contributed by atoms with Crippen molar-refractivity contribution in [3.8, 4) is 0 Å². The molecule has 2 amide bonds. The molecule has 0 aromatic heterocycles. The lowest BCUT2D eigenvalue weighted by Gasteiger charge is -2.16. The minimum atomic E-state index is -3.79. The number of hydrogen-bond acceptors (Lipinski definition) is 3. The molecule has 3 aromatic rings. The van der Waals surface area contributed by atoms with E-state index in [-0.39, 0.29) is 4.90 Å². The van der Waals surface area contributed by atoms with Crippen LogP contribution in [-0.2, 0) is 10.0 Å². The first-order valence-electron chi connectivity index (χ1n) is 9.50. The van der Waals surface area contributed by atoms with E-state index < -0.39 is 16.1 Å². The molecule has 30 heavy (non-hydrogen) atoms. The van der Waals surface area contributed by atoms with E-state index in [1.54, 1.807) is 51.1 Å². The zero-order valence-electron chi connectivity index (χ0n) is 17.4. The van der Waals surface area contributed by atoms with E-state index in [4.69, 9.17) is 0 Å². The molecule has 0 aliphatic rings. The summed E-state index contributed by atoms with van der Waals surface area (Å²) in [6, 6.07) is 17.4. The Hall–Kier alpha value is -3.32. The van der Waals surface area contributed by atoms with Gasteiger partial charge in [0.15, 0.2) is 0 Å². The monoisotopic (exact) mass is 423 g/mol. The predicted molar refractivity (Wildman–Crippen MR) is 122 cm³/mol. The topological polar surface area (TPSA) is 87.3 Å². The van der Waals surface area contributed by atoms with Gasteiger partial charge in [-0.2, -0.15) is 0 Å². The lowest BCUT2D eigenvalue weighted by Crippen LogP contribution is -2.20. The molecule has 0 atom stereocenters. The fourth-order valence-corrected chi connectivity index (χ4v) is 4.99. The maximum absolute atomic E-state index is 13.1. The van der Waals surface area contributed by atoms with Crippen LogP contribution in [0.5, 0.6) is 0 Å². The van der Waals surface area contributed by atoms with Crippen LogP contribution >= 0.6 is 0 Å². The first kappa shape index (κ1) is 21.4. The summed E-state index contributed by atoms with van der Waals surface area (Å²) >= 11 is 0. The number of anilines is 3. The minimum absolute atomic E-state index is 0.271. The van der Waals surface area contributed by atoms with Crippen LogP contribution in [0, 0.1) is 27.7 Å². The molecule has 3 N–H and O–H groups in total. The van der Waals surface area contributed by atoms with Crippen LogP contribution in [0.4, 0.5) is 21.9 Å². The van der Waals surface area contributed by atoms with Gasteiger partial charge in [0, 0.05) is 11.4 Å². The fraction of sp³-hybridized carbons (Fsp3) is 0.174. The number of carbonyl (C=O) groups excluding carboxylic acids is 1. The summed E-state index contributed by atoms with van der Waals surface area (Å²) in [7, 11) is -3.79. The molecular weight excluding hydrogens is 398 g/mol. The average molecular weight is 424 g/mol. The molecule has 0 bridgehead atoms. The smallest absolute Gasteiger partial charge is 0.308 e. The Morgan fingerprint density at radius 1 is 0.733 bits per heavy atom. The van der Waals surface area contributed by atoms with Crippen molar-refractivity contribution in [2.24, 2.45) is 0 Å². The highest BCUT2D eigenvalue weighted by molar-refractivity contribution is 7.92. The summed E-state index contributed by atoms with van der Waals surface area (Å²) in [5.41, 5.74) is 4.68. The predicted octanol–water partition coefficient (Wildman–Crippen LogP) is 5.37. The highest BCUT2D eigenvalue weighted by Gasteiger charge is 2.21. The summed E-state index contributed by atoms with van der Waals surface area (Å²) in [5.74, 6) is 0. The molecule has 0 heterocycles. The van der Waals surface area contributed by atoms with Crippen LogP contribution in [0.25, 0.3) is 0 Å². The Labute approximate surface area is 177 Å². The number of nitrogens with one attached hydrogen (secondary N) is 3. The Balaban J connectivity index is 1.83. The first-order chi connectivity index (χ1) is 14.2. The maximum atomic E-state index is 13.1. The lowest BCUT2D eigenvalue weighted by atomic mass is 10.1. The molecule has 3 aromatic carbocycles. The Bertz CT molecular complexity index is 1170. The highest BCUT2D eigenvalue weighted by atomic mass is 32.2. The third-order valence-electron chi connectivity index (χ3n) is 4.64. The summed E-state index contributed by atoms with van der Waals surface area (Å²) in [5, 5.41) is 5.46. The van der Waals surface area contributed by atoms with Gasteiger partial charge in [-0.05, 0) is 68.7 Å². The SMILES string of the molecule is Cc1cc(C)c(S(=O)(=O)Nc2cc(NC(=O)Nc3ccccc3)ccc2C)c(C)c1. The van der Waals surface area contributed by atoms with Gasteiger partial charge in [0.1, 0.15) is 0 Å². The van der Waals surface area contributed by atoms with E-state index in [2.05, 4.69) is 15.4 Å². The van der Waals surface area contributed by atoms with E-state index in [9.17, 15) is 13.2 Å². The van der Waals surface area contributed by atoms with Crippen molar-refractivity contribution in [3.63, 3.8) is 0 Å². The van der Waals surface area contributed by atoms with E-state index in [0.717, 1.165) is 11.1 Å². The zero-order valence-corrected chi connectivity index (χ0v) is 18.2. The van der Waals surface area contributed by atoms with E-state index >= 15 is 0 Å². The maximum Gasteiger partial charge on any atom is 0.323 e. The molecule has 156 valence electrons. The van der Waals surface area contributed by atoms with Crippen LogP contribution in [0.2, 0.25) is 0 Å². The van der Waals surface area contributed by atoms with E-state index in [1.807, 2.05) is 37.3 Å². The number of amides is 2. The van der Waals surface area contributed by atoms with Crippen molar-refractivity contribution in [1.82, 2.24) is 0 Å². The number of urea groups is 1. The summed E-state index contributed by atoms with van der Waals surface area (Å²) in [4.78, 5) is 12.5. The molecule has 0 unspecified atom stereocenters. The molecule has 0 spiro atoms. The number of rotatable bonds is 5. The van der Waals surface area contributed by atoms with Crippen molar-refractivity contribution < 1.29 is 13.2 Å². The van der Waals surface area contributed by atoms with E-state index in [0.29, 0.717) is 28.2 Å². The first-order valence-corrected chi connectivity index (χ1v) is 11.0. The number of benzene rings is 3. The second kappa shape index (κ2) is 8.59. The largest absolute Gasteiger partial charge is 0.323 e. The summed E-state index contributed by atoms with van der Waals surface area (Å²) in [6.45, 7) is 7.31. The van der Waals surface area contributed by atoms with Gasteiger partial charge >= 0.3 is 6.03 Å².